The highest BCUT2D eigenvalue weighted by atomic mass is 32.2. The Kier molecular flexibility index (Phi) is 21.5. The van der Waals surface area contributed by atoms with Crippen molar-refractivity contribution in [3.8, 4) is 0 Å². The first-order valence-corrected chi connectivity index (χ1v) is 10.2. The summed E-state index contributed by atoms with van der Waals surface area (Å²) in [6.07, 6.45) is 3.87. The van der Waals surface area contributed by atoms with E-state index in [0.29, 0.717) is 19.4 Å². The summed E-state index contributed by atoms with van der Waals surface area (Å²) >= 11 is 0. The third-order valence-corrected chi connectivity index (χ3v) is 4.56. The quantitative estimate of drug-likeness (QED) is 0.665. The van der Waals surface area contributed by atoms with Gasteiger partial charge in [-0.15, -0.1) is 0 Å². The second kappa shape index (κ2) is 17.2. The Hall–Kier alpha value is -1.19. The molecule has 160 valence electrons. The largest absolute Gasteiger partial charge is 0.480 e. The lowest BCUT2D eigenvalue weighted by atomic mass is 10.2. The molecule has 0 spiro atoms. The van der Waals surface area contributed by atoms with Crippen LogP contribution in [0, 0.1) is 0 Å². The SMILES string of the molecule is C.C.CC.CC.CS(=O)(=O)N1CCCC1C(=O)O.O=C(O)C1CCCN1. The topological polar surface area (TPSA) is 124 Å². The molecule has 0 aromatic rings. The van der Waals surface area contributed by atoms with Gasteiger partial charge in [0.2, 0.25) is 10.0 Å². The fraction of sp³-hybridized carbons (Fsp3) is 0.882. The van der Waals surface area contributed by atoms with Crippen LogP contribution >= 0.6 is 0 Å². The van der Waals surface area contributed by atoms with Crippen LogP contribution in [-0.2, 0) is 19.6 Å². The lowest BCUT2D eigenvalue weighted by Gasteiger charge is -2.17. The van der Waals surface area contributed by atoms with Crippen molar-refractivity contribution in [1.29, 1.82) is 0 Å². The molecule has 0 radical (unpaired) electrons. The van der Waals surface area contributed by atoms with Gasteiger partial charge in [0.15, 0.2) is 0 Å². The highest BCUT2D eigenvalue weighted by Gasteiger charge is 2.36. The lowest BCUT2D eigenvalue weighted by Crippen LogP contribution is -2.39. The number of carbonyl (C=O) groups is 2. The number of aliphatic carboxylic acids is 2. The number of hydrogen-bond acceptors (Lipinski definition) is 5. The number of carboxylic acid groups (broad SMARTS) is 2. The van der Waals surface area contributed by atoms with Gasteiger partial charge in [-0.3, -0.25) is 9.59 Å². The van der Waals surface area contributed by atoms with Gasteiger partial charge in [-0.2, -0.15) is 4.31 Å². The van der Waals surface area contributed by atoms with Crippen molar-refractivity contribution in [2.75, 3.05) is 19.3 Å². The van der Waals surface area contributed by atoms with Crippen LogP contribution in [0.4, 0.5) is 0 Å². The summed E-state index contributed by atoms with van der Waals surface area (Å²) < 4.78 is 23.1. The van der Waals surface area contributed by atoms with Crippen molar-refractivity contribution in [1.82, 2.24) is 9.62 Å². The van der Waals surface area contributed by atoms with Gasteiger partial charge in [0.1, 0.15) is 12.1 Å². The highest BCUT2D eigenvalue weighted by molar-refractivity contribution is 7.88. The summed E-state index contributed by atoms with van der Waals surface area (Å²) in [4.78, 5) is 20.7. The number of rotatable bonds is 3. The first kappa shape index (κ1) is 32.5. The van der Waals surface area contributed by atoms with Crippen LogP contribution in [0.2, 0.25) is 0 Å². The minimum Gasteiger partial charge on any atom is -0.480 e. The van der Waals surface area contributed by atoms with Gasteiger partial charge in [0.25, 0.3) is 0 Å². The van der Waals surface area contributed by atoms with Gasteiger partial charge in [-0.25, -0.2) is 8.42 Å². The molecule has 2 rings (SSSR count). The summed E-state index contributed by atoms with van der Waals surface area (Å²) in [6.45, 7) is 9.19. The Labute approximate surface area is 160 Å². The fourth-order valence-corrected chi connectivity index (χ4v) is 3.40. The molecule has 0 aromatic carbocycles. The molecular formula is C17H40N2O6S. The standard InChI is InChI=1S/C6H11NO4S.C5H9NO2.2C2H6.2CH4/c1-12(10,11)7-4-2-3-5(7)6(8)9;7-5(8)4-2-1-3-6-4;2*1-2;;/h5H,2-4H2,1H3,(H,8,9);4,6H,1-3H2,(H,7,8);2*1-2H3;2*1H4. The first-order chi connectivity index (χ1) is 11.2. The molecule has 2 saturated heterocycles. The zero-order valence-corrected chi connectivity index (χ0v) is 16.1. The molecule has 2 atom stereocenters. The molecule has 26 heavy (non-hydrogen) atoms. The predicted octanol–water partition coefficient (Wildman–Crippen LogP) is 2.64. The lowest BCUT2D eigenvalue weighted by molar-refractivity contribution is -0.141. The predicted molar refractivity (Wildman–Crippen MR) is 107 cm³/mol. The summed E-state index contributed by atoms with van der Waals surface area (Å²) in [5.74, 6) is -1.78. The van der Waals surface area contributed by atoms with E-state index < -0.39 is 28.0 Å². The van der Waals surface area contributed by atoms with E-state index in [1.54, 1.807) is 0 Å². The highest BCUT2D eigenvalue weighted by Crippen LogP contribution is 2.19. The normalized spacial score (nSPS) is 21.1. The molecule has 2 unspecified atom stereocenters. The van der Waals surface area contributed by atoms with E-state index in [0.717, 1.165) is 29.9 Å². The molecule has 3 N–H and O–H groups in total. The van der Waals surface area contributed by atoms with Crippen LogP contribution in [0.3, 0.4) is 0 Å². The van der Waals surface area contributed by atoms with E-state index in [9.17, 15) is 18.0 Å². The molecule has 0 amide bonds. The molecule has 2 heterocycles. The Morgan fingerprint density at radius 2 is 1.46 bits per heavy atom. The van der Waals surface area contributed by atoms with Crippen LogP contribution in [0.15, 0.2) is 0 Å². The molecule has 0 aliphatic carbocycles. The van der Waals surface area contributed by atoms with Gasteiger partial charge in [-0.05, 0) is 32.2 Å². The Bertz CT molecular complexity index is 462. The summed E-state index contributed by atoms with van der Waals surface area (Å²) in [5.41, 5.74) is 0. The number of sulfonamides is 1. The van der Waals surface area contributed by atoms with Crippen molar-refractivity contribution < 1.29 is 28.2 Å². The zero-order chi connectivity index (χ0) is 19.3. The van der Waals surface area contributed by atoms with Crippen LogP contribution in [0.5, 0.6) is 0 Å². The molecule has 8 nitrogen and oxygen atoms in total. The molecule has 0 bridgehead atoms. The molecular weight excluding hydrogens is 360 g/mol. The number of hydrogen-bond donors (Lipinski definition) is 3. The van der Waals surface area contributed by atoms with Gasteiger partial charge in [0, 0.05) is 6.54 Å². The van der Waals surface area contributed by atoms with Crippen LogP contribution in [0.25, 0.3) is 0 Å². The average molecular weight is 401 g/mol. The van der Waals surface area contributed by atoms with Gasteiger partial charge < -0.3 is 15.5 Å². The second-order valence-electron chi connectivity index (χ2n) is 4.86. The number of carboxylic acids is 2. The average Bonchev–Trinajstić information content (AvgIpc) is 3.23. The van der Waals surface area contributed by atoms with E-state index in [4.69, 9.17) is 10.2 Å². The zero-order valence-electron chi connectivity index (χ0n) is 15.3. The molecule has 0 aromatic heterocycles. The summed E-state index contributed by atoms with van der Waals surface area (Å²) in [5, 5.41) is 19.8. The summed E-state index contributed by atoms with van der Waals surface area (Å²) in [7, 11) is -3.34. The minimum absolute atomic E-state index is 0. The first-order valence-electron chi connectivity index (χ1n) is 8.39. The van der Waals surface area contributed by atoms with Crippen molar-refractivity contribution in [3.63, 3.8) is 0 Å². The molecule has 2 aliphatic rings. The molecule has 2 aliphatic heterocycles. The Morgan fingerprint density at radius 3 is 1.69 bits per heavy atom. The van der Waals surface area contributed by atoms with E-state index in [-0.39, 0.29) is 20.9 Å². The molecule has 0 saturated carbocycles. The van der Waals surface area contributed by atoms with Gasteiger partial charge >= 0.3 is 11.9 Å². The van der Waals surface area contributed by atoms with E-state index in [1.807, 2.05) is 27.7 Å². The monoisotopic (exact) mass is 400 g/mol. The Balaban J connectivity index is -0.000000152. The maximum absolute atomic E-state index is 11.0. The van der Waals surface area contributed by atoms with Gasteiger partial charge in [-0.1, -0.05) is 42.5 Å². The van der Waals surface area contributed by atoms with E-state index in [2.05, 4.69) is 5.32 Å². The van der Waals surface area contributed by atoms with E-state index in [1.165, 1.54) is 0 Å². The summed E-state index contributed by atoms with van der Waals surface area (Å²) in [6, 6.07) is -1.12. The smallest absolute Gasteiger partial charge is 0.322 e. The third-order valence-electron chi connectivity index (χ3n) is 3.27. The molecule has 2 fully saturated rings. The van der Waals surface area contributed by atoms with Crippen molar-refractivity contribution in [2.45, 2.75) is 80.3 Å². The minimum atomic E-state index is -3.34. The fourth-order valence-electron chi connectivity index (χ4n) is 2.28. The van der Waals surface area contributed by atoms with Crippen LogP contribution in [-0.4, -0.2) is 66.3 Å². The van der Waals surface area contributed by atoms with Gasteiger partial charge in [0.05, 0.1) is 6.26 Å². The van der Waals surface area contributed by atoms with Crippen LogP contribution in [0.1, 0.15) is 68.2 Å². The Morgan fingerprint density at radius 1 is 0.962 bits per heavy atom. The molecule has 9 heteroatoms. The maximum atomic E-state index is 11.0. The number of nitrogens with one attached hydrogen (secondary N) is 1. The van der Waals surface area contributed by atoms with Crippen molar-refractivity contribution in [3.05, 3.63) is 0 Å². The van der Waals surface area contributed by atoms with E-state index >= 15 is 0 Å². The van der Waals surface area contributed by atoms with Crippen molar-refractivity contribution in [2.24, 2.45) is 0 Å². The third kappa shape index (κ3) is 12.2. The maximum Gasteiger partial charge on any atom is 0.322 e. The second-order valence-corrected chi connectivity index (χ2v) is 6.79. The van der Waals surface area contributed by atoms with Crippen molar-refractivity contribution >= 4 is 22.0 Å². The number of nitrogens with zero attached hydrogens (tertiary/aromatic N) is 1. The van der Waals surface area contributed by atoms with Crippen LogP contribution < -0.4 is 5.32 Å².